The molecule has 0 aliphatic carbocycles. The second kappa shape index (κ2) is 5.51. The van der Waals surface area contributed by atoms with Crippen LogP contribution in [0.15, 0.2) is 24.7 Å². The summed E-state index contributed by atoms with van der Waals surface area (Å²) in [5, 5.41) is 10.9. The van der Waals surface area contributed by atoms with Crippen LogP contribution in [0.2, 0.25) is 0 Å². The minimum Gasteiger partial charge on any atom is -0.310 e. The lowest BCUT2D eigenvalue weighted by Gasteiger charge is -2.16. The zero-order chi connectivity index (χ0) is 15.6. The highest BCUT2D eigenvalue weighted by atomic mass is 19.4. The molecule has 0 N–H and O–H groups in total. The third-order valence-corrected chi connectivity index (χ3v) is 2.92. The fourth-order valence-corrected chi connectivity index (χ4v) is 1.77. The van der Waals surface area contributed by atoms with Gasteiger partial charge in [0.05, 0.1) is 29.8 Å². The molecule has 6 nitrogen and oxygen atoms in total. The van der Waals surface area contributed by atoms with Crippen LogP contribution in [0.5, 0.6) is 0 Å². The van der Waals surface area contributed by atoms with E-state index in [1.807, 2.05) is 0 Å². The number of aromatic nitrogens is 4. The summed E-state index contributed by atoms with van der Waals surface area (Å²) >= 11 is 0. The van der Waals surface area contributed by atoms with Gasteiger partial charge in [0.25, 0.3) is 5.91 Å². The van der Waals surface area contributed by atoms with Crippen molar-refractivity contribution in [2.45, 2.75) is 19.6 Å². The molecule has 0 unspecified atom stereocenters. The molecule has 2 aromatic heterocycles. The summed E-state index contributed by atoms with van der Waals surface area (Å²) in [4.78, 5) is 13.6. The summed E-state index contributed by atoms with van der Waals surface area (Å²) < 4.78 is 37.9. The van der Waals surface area contributed by atoms with Crippen molar-refractivity contribution in [2.24, 2.45) is 0 Å². The van der Waals surface area contributed by atoms with Crippen LogP contribution in [0.4, 0.5) is 18.9 Å². The monoisotopic (exact) mass is 299 g/mol. The first-order valence-electron chi connectivity index (χ1n) is 5.93. The minimum atomic E-state index is -4.39. The van der Waals surface area contributed by atoms with E-state index in [1.165, 1.54) is 31.3 Å². The van der Waals surface area contributed by atoms with Crippen LogP contribution in [-0.4, -0.2) is 39.1 Å². The van der Waals surface area contributed by atoms with Gasteiger partial charge < -0.3 is 4.90 Å². The van der Waals surface area contributed by atoms with Gasteiger partial charge in [-0.2, -0.15) is 28.5 Å². The molecule has 1 amide bonds. The molecule has 2 aromatic rings. The fraction of sp³-hybridized carbons (Fsp3) is 0.333. The van der Waals surface area contributed by atoms with Crippen molar-refractivity contribution in [1.29, 1.82) is 0 Å². The van der Waals surface area contributed by atoms with E-state index < -0.39 is 18.6 Å². The topological polar surface area (TPSA) is 63.9 Å². The largest absolute Gasteiger partial charge is 0.408 e. The maximum absolute atomic E-state index is 12.4. The van der Waals surface area contributed by atoms with Gasteiger partial charge in [0.2, 0.25) is 0 Å². The molecule has 0 aromatic carbocycles. The fourth-order valence-electron chi connectivity index (χ4n) is 1.77. The molecule has 9 heteroatoms. The van der Waals surface area contributed by atoms with Gasteiger partial charge in [0, 0.05) is 12.7 Å². The van der Waals surface area contributed by atoms with E-state index in [0.717, 1.165) is 10.9 Å². The zero-order valence-corrected chi connectivity index (χ0v) is 11.3. The lowest BCUT2D eigenvalue weighted by Crippen LogP contribution is -2.27. The van der Waals surface area contributed by atoms with Crippen LogP contribution < -0.4 is 4.90 Å². The third-order valence-electron chi connectivity index (χ3n) is 2.92. The Balaban J connectivity index is 2.25. The molecule has 2 rings (SSSR count). The van der Waals surface area contributed by atoms with E-state index in [1.54, 1.807) is 6.07 Å². The average molecular weight is 299 g/mol. The number of anilines is 1. The molecule has 0 aliphatic rings. The van der Waals surface area contributed by atoms with Crippen molar-refractivity contribution < 1.29 is 18.0 Å². The summed E-state index contributed by atoms with van der Waals surface area (Å²) in [6.45, 7) is 0.192. The number of hydrogen-bond donors (Lipinski definition) is 0. The van der Waals surface area contributed by atoms with E-state index in [4.69, 9.17) is 0 Å². The van der Waals surface area contributed by atoms with Gasteiger partial charge in [0.1, 0.15) is 6.54 Å². The maximum atomic E-state index is 12.4. The van der Waals surface area contributed by atoms with Gasteiger partial charge >= 0.3 is 6.18 Å². The molecule has 0 bridgehead atoms. The van der Waals surface area contributed by atoms with Crippen LogP contribution in [0.1, 0.15) is 16.1 Å². The molecule has 0 saturated carbocycles. The Morgan fingerprint density at radius 3 is 2.62 bits per heavy atom. The molecular formula is C12H12F3N5O. The number of nitrogens with zero attached hydrogens (tertiary/aromatic N) is 5. The van der Waals surface area contributed by atoms with Crippen LogP contribution >= 0.6 is 0 Å². The molecule has 112 valence electrons. The van der Waals surface area contributed by atoms with Crippen molar-refractivity contribution in [3.63, 3.8) is 0 Å². The van der Waals surface area contributed by atoms with Crippen LogP contribution in [0, 0.1) is 6.92 Å². The van der Waals surface area contributed by atoms with Gasteiger partial charge in [-0.15, -0.1) is 0 Å². The molecule has 0 saturated heterocycles. The maximum Gasteiger partial charge on any atom is 0.408 e. The van der Waals surface area contributed by atoms with Crippen molar-refractivity contribution in [1.82, 2.24) is 20.0 Å². The highest BCUT2D eigenvalue weighted by molar-refractivity contribution is 6.06. The summed E-state index contributed by atoms with van der Waals surface area (Å²) in [7, 11) is 1.50. The van der Waals surface area contributed by atoms with Gasteiger partial charge in [-0.05, 0) is 13.0 Å². The first kappa shape index (κ1) is 14.9. The lowest BCUT2D eigenvalue weighted by atomic mass is 10.2. The molecule has 0 fully saturated rings. The summed E-state index contributed by atoms with van der Waals surface area (Å²) in [6.07, 6.45) is -0.459. The van der Waals surface area contributed by atoms with Crippen LogP contribution in [-0.2, 0) is 6.54 Å². The molecule has 2 heterocycles. The lowest BCUT2D eigenvalue weighted by molar-refractivity contribution is -0.142. The number of amides is 1. The highest BCUT2D eigenvalue weighted by Gasteiger charge is 2.30. The van der Waals surface area contributed by atoms with Crippen molar-refractivity contribution >= 4 is 11.6 Å². The minimum absolute atomic E-state index is 0.110. The number of carbonyl (C=O) groups is 1. The van der Waals surface area contributed by atoms with Crippen LogP contribution in [0.3, 0.4) is 0 Å². The first-order valence-corrected chi connectivity index (χ1v) is 5.93. The van der Waals surface area contributed by atoms with Crippen LogP contribution in [0.25, 0.3) is 0 Å². The van der Waals surface area contributed by atoms with Gasteiger partial charge in [-0.25, -0.2) is 0 Å². The Labute approximate surface area is 118 Å². The van der Waals surface area contributed by atoms with Gasteiger partial charge in [0.15, 0.2) is 0 Å². The third kappa shape index (κ3) is 3.36. The quantitative estimate of drug-likeness (QED) is 0.867. The molecular weight excluding hydrogens is 287 g/mol. The normalized spacial score (nSPS) is 11.5. The van der Waals surface area contributed by atoms with Gasteiger partial charge in [-0.3, -0.25) is 9.48 Å². The Kier molecular flexibility index (Phi) is 3.92. The number of carbonyl (C=O) groups excluding carboxylic acids is 1. The highest BCUT2D eigenvalue weighted by Crippen LogP contribution is 2.20. The zero-order valence-electron chi connectivity index (χ0n) is 11.3. The molecule has 0 aliphatic heterocycles. The second-order valence-corrected chi connectivity index (χ2v) is 4.38. The predicted octanol–water partition coefficient (Wildman–Crippen LogP) is 1.82. The Morgan fingerprint density at radius 2 is 2.05 bits per heavy atom. The number of rotatable bonds is 3. The first-order chi connectivity index (χ1) is 9.79. The standard InChI is InChI=1S/C12H12F3N5O/c1-8-10(6-18-20(8)7-12(13,14)15)11(21)19(2)9-3-4-16-17-5-9/h3-6H,7H2,1-2H3. The summed E-state index contributed by atoms with van der Waals surface area (Å²) in [6, 6.07) is 1.57. The van der Waals surface area contributed by atoms with Gasteiger partial charge in [-0.1, -0.05) is 0 Å². The number of alkyl halides is 3. The molecule has 0 radical (unpaired) electrons. The predicted molar refractivity (Wildman–Crippen MR) is 67.8 cm³/mol. The van der Waals surface area contributed by atoms with E-state index in [-0.39, 0.29) is 11.3 Å². The van der Waals surface area contributed by atoms with E-state index in [9.17, 15) is 18.0 Å². The molecule has 0 spiro atoms. The van der Waals surface area contributed by atoms with Crippen molar-refractivity contribution in [3.8, 4) is 0 Å². The second-order valence-electron chi connectivity index (χ2n) is 4.38. The van der Waals surface area contributed by atoms with Crippen molar-refractivity contribution in [2.75, 3.05) is 11.9 Å². The average Bonchev–Trinajstić information content (AvgIpc) is 2.78. The Morgan fingerprint density at radius 1 is 1.33 bits per heavy atom. The smallest absolute Gasteiger partial charge is 0.310 e. The summed E-state index contributed by atoms with van der Waals surface area (Å²) in [5.74, 6) is -0.464. The van der Waals surface area contributed by atoms with E-state index in [0.29, 0.717) is 5.69 Å². The SMILES string of the molecule is Cc1c(C(=O)N(C)c2ccnnc2)cnn1CC(F)(F)F. The molecule has 0 atom stereocenters. The van der Waals surface area contributed by atoms with E-state index >= 15 is 0 Å². The van der Waals surface area contributed by atoms with Crippen molar-refractivity contribution in [3.05, 3.63) is 35.9 Å². The van der Waals surface area contributed by atoms with E-state index in [2.05, 4.69) is 15.3 Å². The number of hydrogen-bond acceptors (Lipinski definition) is 4. The Hall–Kier alpha value is -2.45. The molecule has 21 heavy (non-hydrogen) atoms. The Bertz CT molecular complexity index is 638. The summed E-state index contributed by atoms with van der Waals surface area (Å²) in [5.41, 5.74) is 0.753. The number of halogens is 3.